The van der Waals surface area contributed by atoms with Crippen molar-refractivity contribution < 1.29 is 4.74 Å². The van der Waals surface area contributed by atoms with Crippen LogP contribution in [0, 0.1) is 11.8 Å². The van der Waals surface area contributed by atoms with E-state index in [1.165, 1.54) is 6.42 Å². The maximum atomic E-state index is 5.56. The van der Waals surface area contributed by atoms with Crippen LogP contribution >= 0.6 is 0 Å². The predicted molar refractivity (Wildman–Crippen MR) is 51.2 cm³/mol. The molecule has 0 radical (unpaired) electrons. The third-order valence-corrected chi connectivity index (χ3v) is 2.95. The van der Waals surface area contributed by atoms with Crippen LogP contribution in [0.1, 0.15) is 27.2 Å². The van der Waals surface area contributed by atoms with Crippen LogP contribution in [0.3, 0.4) is 0 Å². The number of ether oxygens (including phenoxy) is 1. The van der Waals surface area contributed by atoms with E-state index in [-0.39, 0.29) is 0 Å². The molecule has 1 heterocycles. The summed E-state index contributed by atoms with van der Waals surface area (Å²) < 4.78 is 5.56. The first-order valence-corrected chi connectivity index (χ1v) is 4.95. The van der Waals surface area contributed by atoms with Crippen molar-refractivity contribution in [3.8, 4) is 0 Å². The minimum atomic E-state index is 0.435. The molecule has 1 rings (SSSR count). The molecule has 0 spiro atoms. The zero-order valence-corrected chi connectivity index (χ0v) is 8.63. The van der Waals surface area contributed by atoms with Gasteiger partial charge in [-0.3, -0.25) is 0 Å². The Morgan fingerprint density at radius 2 is 2.08 bits per heavy atom. The summed E-state index contributed by atoms with van der Waals surface area (Å²) in [5, 5.41) is 3.39. The average molecular weight is 171 g/mol. The molecular weight excluding hydrogens is 150 g/mol. The number of hydrogen-bond donors (Lipinski definition) is 1. The van der Waals surface area contributed by atoms with E-state index in [0.29, 0.717) is 24.0 Å². The highest BCUT2D eigenvalue weighted by atomic mass is 16.5. The Morgan fingerprint density at radius 1 is 1.42 bits per heavy atom. The van der Waals surface area contributed by atoms with Crippen molar-refractivity contribution in [2.45, 2.75) is 39.3 Å². The van der Waals surface area contributed by atoms with Crippen LogP contribution in [0.2, 0.25) is 0 Å². The monoisotopic (exact) mass is 171 g/mol. The predicted octanol–water partition coefficient (Wildman–Crippen LogP) is 1.66. The molecule has 72 valence electrons. The van der Waals surface area contributed by atoms with Gasteiger partial charge in [0.1, 0.15) is 0 Å². The van der Waals surface area contributed by atoms with Crippen LogP contribution < -0.4 is 5.32 Å². The van der Waals surface area contributed by atoms with E-state index in [4.69, 9.17) is 4.74 Å². The van der Waals surface area contributed by atoms with Gasteiger partial charge in [0.05, 0.1) is 6.10 Å². The number of nitrogens with one attached hydrogen (secondary N) is 1. The van der Waals surface area contributed by atoms with Crippen LogP contribution in [0.15, 0.2) is 0 Å². The van der Waals surface area contributed by atoms with E-state index >= 15 is 0 Å². The molecular formula is C10H21NO. The molecule has 2 heteroatoms. The van der Waals surface area contributed by atoms with E-state index in [1.54, 1.807) is 0 Å². The van der Waals surface area contributed by atoms with Crippen molar-refractivity contribution >= 4 is 0 Å². The topological polar surface area (TPSA) is 21.3 Å². The van der Waals surface area contributed by atoms with Crippen LogP contribution in [0.5, 0.6) is 0 Å². The maximum absolute atomic E-state index is 5.56. The quantitative estimate of drug-likeness (QED) is 0.697. The SMILES string of the molecule is CNC(C(C)C)C1CCOC1C. The summed E-state index contributed by atoms with van der Waals surface area (Å²) in [5.41, 5.74) is 0. The normalized spacial score (nSPS) is 32.8. The Hall–Kier alpha value is -0.0800. The van der Waals surface area contributed by atoms with Crippen molar-refractivity contribution in [3.63, 3.8) is 0 Å². The lowest BCUT2D eigenvalue weighted by Gasteiger charge is -2.28. The van der Waals surface area contributed by atoms with Crippen LogP contribution in [-0.2, 0) is 4.74 Å². The summed E-state index contributed by atoms with van der Waals surface area (Å²) in [5.74, 6) is 1.40. The van der Waals surface area contributed by atoms with E-state index in [0.717, 1.165) is 6.61 Å². The molecule has 12 heavy (non-hydrogen) atoms. The minimum Gasteiger partial charge on any atom is -0.378 e. The fourth-order valence-electron chi connectivity index (χ4n) is 2.26. The van der Waals surface area contributed by atoms with E-state index in [2.05, 4.69) is 33.1 Å². The lowest BCUT2D eigenvalue weighted by Crippen LogP contribution is -2.40. The van der Waals surface area contributed by atoms with Gasteiger partial charge in [-0.25, -0.2) is 0 Å². The Morgan fingerprint density at radius 3 is 2.42 bits per heavy atom. The maximum Gasteiger partial charge on any atom is 0.0590 e. The molecule has 2 nitrogen and oxygen atoms in total. The van der Waals surface area contributed by atoms with Crippen molar-refractivity contribution in [2.24, 2.45) is 11.8 Å². The summed E-state index contributed by atoms with van der Waals surface area (Å²) in [7, 11) is 2.05. The lowest BCUT2D eigenvalue weighted by molar-refractivity contribution is 0.0903. The Labute approximate surface area is 75.7 Å². The van der Waals surface area contributed by atoms with Gasteiger partial charge in [0.25, 0.3) is 0 Å². The Kier molecular flexibility index (Phi) is 3.53. The molecule has 3 unspecified atom stereocenters. The number of hydrogen-bond acceptors (Lipinski definition) is 2. The Bertz CT molecular complexity index is 136. The summed E-state index contributed by atoms with van der Waals surface area (Å²) in [6.45, 7) is 7.67. The van der Waals surface area contributed by atoms with Gasteiger partial charge in [-0.05, 0) is 26.3 Å². The largest absolute Gasteiger partial charge is 0.378 e. The molecule has 3 atom stereocenters. The zero-order valence-electron chi connectivity index (χ0n) is 8.63. The molecule has 1 aliphatic rings. The first kappa shape index (κ1) is 10.0. The number of rotatable bonds is 3. The highest BCUT2D eigenvalue weighted by Crippen LogP contribution is 2.27. The minimum absolute atomic E-state index is 0.435. The molecule has 0 aromatic heterocycles. The smallest absolute Gasteiger partial charge is 0.0590 e. The van der Waals surface area contributed by atoms with Crippen LogP contribution in [0.25, 0.3) is 0 Å². The molecule has 0 aromatic carbocycles. The van der Waals surface area contributed by atoms with E-state index < -0.39 is 0 Å². The van der Waals surface area contributed by atoms with Crippen molar-refractivity contribution in [1.29, 1.82) is 0 Å². The standard InChI is InChI=1S/C10H21NO/c1-7(2)10(11-4)9-5-6-12-8(9)3/h7-11H,5-6H2,1-4H3. The van der Waals surface area contributed by atoms with Gasteiger partial charge in [-0.2, -0.15) is 0 Å². The first-order chi connectivity index (χ1) is 5.66. The molecule has 0 aliphatic carbocycles. The summed E-state index contributed by atoms with van der Waals surface area (Å²) >= 11 is 0. The van der Waals surface area contributed by atoms with Gasteiger partial charge in [-0.1, -0.05) is 13.8 Å². The van der Waals surface area contributed by atoms with Crippen molar-refractivity contribution in [1.82, 2.24) is 5.32 Å². The van der Waals surface area contributed by atoms with E-state index in [1.807, 2.05) is 0 Å². The van der Waals surface area contributed by atoms with Crippen molar-refractivity contribution in [3.05, 3.63) is 0 Å². The first-order valence-electron chi connectivity index (χ1n) is 4.95. The molecule has 0 aromatic rings. The third-order valence-electron chi connectivity index (χ3n) is 2.95. The molecule has 0 saturated carbocycles. The van der Waals surface area contributed by atoms with Gasteiger partial charge in [0.15, 0.2) is 0 Å². The van der Waals surface area contributed by atoms with Gasteiger partial charge in [0, 0.05) is 18.6 Å². The summed E-state index contributed by atoms with van der Waals surface area (Å²) in [6, 6.07) is 0.613. The second-order valence-corrected chi connectivity index (χ2v) is 4.09. The van der Waals surface area contributed by atoms with E-state index in [9.17, 15) is 0 Å². The highest BCUT2D eigenvalue weighted by molar-refractivity contribution is 4.85. The lowest BCUT2D eigenvalue weighted by atomic mass is 9.86. The molecule has 1 aliphatic heterocycles. The second kappa shape index (κ2) is 4.24. The molecule has 0 bridgehead atoms. The second-order valence-electron chi connectivity index (χ2n) is 4.09. The average Bonchev–Trinajstić information content (AvgIpc) is 2.38. The van der Waals surface area contributed by atoms with Gasteiger partial charge >= 0.3 is 0 Å². The summed E-state index contributed by atoms with van der Waals surface area (Å²) in [6.07, 6.45) is 1.65. The van der Waals surface area contributed by atoms with Gasteiger partial charge < -0.3 is 10.1 Å². The molecule has 1 N–H and O–H groups in total. The molecule has 1 saturated heterocycles. The van der Waals surface area contributed by atoms with Crippen LogP contribution in [0.4, 0.5) is 0 Å². The fourth-order valence-corrected chi connectivity index (χ4v) is 2.26. The summed E-state index contributed by atoms with van der Waals surface area (Å²) in [4.78, 5) is 0. The fraction of sp³-hybridized carbons (Fsp3) is 1.00. The van der Waals surface area contributed by atoms with Gasteiger partial charge in [0.2, 0.25) is 0 Å². The zero-order chi connectivity index (χ0) is 9.14. The van der Waals surface area contributed by atoms with Crippen LogP contribution in [-0.4, -0.2) is 25.8 Å². The molecule has 0 amide bonds. The Balaban J connectivity index is 2.52. The van der Waals surface area contributed by atoms with Crippen molar-refractivity contribution in [2.75, 3.05) is 13.7 Å². The molecule has 1 fully saturated rings. The van der Waals surface area contributed by atoms with Gasteiger partial charge in [-0.15, -0.1) is 0 Å². The third kappa shape index (κ3) is 1.99. The highest BCUT2D eigenvalue weighted by Gasteiger charge is 2.32.